The lowest BCUT2D eigenvalue weighted by Crippen LogP contribution is -2.39. The smallest absolute Gasteiger partial charge is 0.0953 e. The average molecular weight is 277 g/mol. The number of nitrogens with one attached hydrogen (secondary N) is 1. The second-order valence-electron chi connectivity index (χ2n) is 8.29. The molecule has 2 rings (SSSR count). The van der Waals surface area contributed by atoms with Gasteiger partial charge in [0.2, 0.25) is 0 Å². The molecule has 0 aromatic carbocycles. The highest BCUT2D eigenvalue weighted by atomic mass is 15.1. The van der Waals surface area contributed by atoms with Gasteiger partial charge in [-0.15, -0.1) is 0 Å². The fourth-order valence-electron chi connectivity index (χ4n) is 3.82. The highest BCUT2D eigenvalue weighted by Gasteiger charge is 2.31. The predicted octanol–water partition coefficient (Wildman–Crippen LogP) is 4.26. The number of hydrogen-bond donors (Lipinski definition) is 1. The molecule has 3 heteroatoms. The van der Waals surface area contributed by atoms with Gasteiger partial charge in [0.1, 0.15) is 0 Å². The zero-order valence-electron chi connectivity index (χ0n) is 14.0. The molecular formula is C17H31N3. The molecule has 0 amide bonds. The molecule has 2 atom stereocenters. The van der Waals surface area contributed by atoms with E-state index in [0.717, 1.165) is 6.42 Å². The maximum Gasteiger partial charge on any atom is 0.0953 e. The van der Waals surface area contributed by atoms with Crippen molar-refractivity contribution < 1.29 is 0 Å². The van der Waals surface area contributed by atoms with Crippen molar-refractivity contribution in [2.75, 3.05) is 0 Å². The summed E-state index contributed by atoms with van der Waals surface area (Å²) in [5.74, 6) is 0. The van der Waals surface area contributed by atoms with Crippen LogP contribution in [0.25, 0.3) is 0 Å². The third kappa shape index (κ3) is 3.63. The van der Waals surface area contributed by atoms with Crippen molar-refractivity contribution in [3.63, 3.8) is 0 Å². The zero-order valence-corrected chi connectivity index (χ0v) is 14.0. The molecule has 20 heavy (non-hydrogen) atoms. The van der Waals surface area contributed by atoms with Crippen molar-refractivity contribution >= 4 is 0 Å². The Morgan fingerprint density at radius 3 is 2.55 bits per heavy atom. The van der Waals surface area contributed by atoms with Crippen molar-refractivity contribution in [3.05, 3.63) is 18.2 Å². The first-order valence-corrected chi connectivity index (χ1v) is 7.98. The predicted molar refractivity (Wildman–Crippen MR) is 84.8 cm³/mol. The average Bonchev–Trinajstić information content (AvgIpc) is 2.75. The Bertz CT molecular complexity index is 439. The Balaban J connectivity index is 2.23. The molecule has 0 saturated carbocycles. The van der Waals surface area contributed by atoms with E-state index in [-0.39, 0.29) is 5.54 Å². The summed E-state index contributed by atoms with van der Waals surface area (Å²) < 4.78 is 2.40. The van der Waals surface area contributed by atoms with E-state index in [0.29, 0.717) is 17.5 Å². The Kier molecular flexibility index (Phi) is 4.29. The largest absolute Gasteiger partial charge is 0.327 e. The minimum absolute atomic E-state index is 0.104. The Morgan fingerprint density at radius 1 is 1.25 bits per heavy atom. The minimum atomic E-state index is 0.104. The van der Waals surface area contributed by atoms with Gasteiger partial charge in [0, 0.05) is 23.8 Å². The molecule has 0 radical (unpaired) electrons. The summed E-state index contributed by atoms with van der Waals surface area (Å²) in [7, 11) is 0. The summed E-state index contributed by atoms with van der Waals surface area (Å²) in [4.78, 5) is 4.44. The van der Waals surface area contributed by atoms with Gasteiger partial charge in [0.15, 0.2) is 0 Å². The maximum atomic E-state index is 4.44. The molecule has 1 N–H and O–H groups in total. The summed E-state index contributed by atoms with van der Waals surface area (Å²) in [6, 6.07) is 1.07. The van der Waals surface area contributed by atoms with Crippen LogP contribution in [0.3, 0.4) is 0 Å². The highest BCUT2D eigenvalue weighted by Crippen LogP contribution is 2.35. The van der Waals surface area contributed by atoms with Gasteiger partial charge in [-0.2, -0.15) is 0 Å². The summed E-state index contributed by atoms with van der Waals surface area (Å²) >= 11 is 0. The molecule has 1 aliphatic rings. The van der Waals surface area contributed by atoms with E-state index >= 15 is 0 Å². The van der Waals surface area contributed by atoms with Gasteiger partial charge in [-0.3, -0.25) is 0 Å². The van der Waals surface area contributed by atoms with Gasteiger partial charge >= 0.3 is 0 Å². The Morgan fingerprint density at radius 2 is 1.95 bits per heavy atom. The van der Waals surface area contributed by atoms with Gasteiger partial charge in [-0.25, -0.2) is 4.98 Å². The normalized spacial score (nSPS) is 24.9. The molecule has 1 aromatic rings. The topological polar surface area (TPSA) is 29.9 Å². The summed E-state index contributed by atoms with van der Waals surface area (Å²) in [5, 5.41) is 3.73. The molecule has 2 unspecified atom stereocenters. The molecule has 3 nitrogen and oxygen atoms in total. The molecule has 0 bridgehead atoms. The van der Waals surface area contributed by atoms with Gasteiger partial charge in [-0.05, 0) is 51.9 Å². The molecule has 114 valence electrons. The first-order valence-electron chi connectivity index (χ1n) is 7.98. The number of imidazole rings is 1. The molecule has 0 spiro atoms. The van der Waals surface area contributed by atoms with Crippen molar-refractivity contribution in [2.24, 2.45) is 5.41 Å². The fourth-order valence-corrected chi connectivity index (χ4v) is 3.82. The summed E-state index contributed by atoms with van der Waals surface area (Å²) in [6.45, 7) is 13.9. The van der Waals surface area contributed by atoms with Gasteiger partial charge in [0.05, 0.1) is 12.0 Å². The third-order valence-electron chi connectivity index (χ3n) is 4.25. The van der Waals surface area contributed by atoms with Crippen LogP contribution in [0.2, 0.25) is 0 Å². The van der Waals surface area contributed by atoms with Crippen LogP contribution in [0.5, 0.6) is 0 Å². The van der Waals surface area contributed by atoms with E-state index < -0.39 is 0 Å². The fraction of sp³-hybridized carbons (Fsp3) is 0.824. The maximum absolute atomic E-state index is 4.44. The van der Waals surface area contributed by atoms with E-state index in [1.165, 1.54) is 25.0 Å². The molecule has 1 saturated heterocycles. The van der Waals surface area contributed by atoms with Crippen LogP contribution in [0.1, 0.15) is 79.0 Å². The van der Waals surface area contributed by atoms with Gasteiger partial charge in [0.25, 0.3) is 0 Å². The van der Waals surface area contributed by atoms with Crippen LogP contribution in [0.4, 0.5) is 0 Å². The number of aromatic nitrogens is 2. The van der Waals surface area contributed by atoms with E-state index in [9.17, 15) is 0 Å². The summed E-state index contributed by atoms with van der Waals surface area (Å²) in [5.41, 5.74) is 1.77. The number of rotatable bonds is 3. The standard InChI is InChI=1S/C17H31N3/c1-13-8-7-9-14(19-13)15-10-18-12-20(15)17(5,6)11-16(2,3)4/h10,12-14,19H,7-9,11H2,1-6H3. The molecular weight excluding hydrogens is 246 g/mol. The Hall–Kier alpha value is -0.830. The second-order valence-corrected chi connectivity index (χ2v) is 8.29. The minimum Gasteiger partial charge on any atom is -0.327 e. The summed E-state index contributed by atoms with van der Waals surface area (Å²) in [6.07, 6.45) is 9.04. The van der Waals surface area contributed by atoms with Crippen LogP contribution in [-0.2, 0) is 5.54 Å². The van der Waals surface area contributed by atoms with Gasteiger partial charge in [-0.1, -0.05) is 20.8 Å². The zero-order chi connectivity index (χ0) is 15.0. The third-order valence-corrected chi connectivity index (χ3v) is 4.25. The van der Waals surface area contributed by atoms with Crippen LogP contribution in [-0.4, -0.2) is 15.6 Å². The van der Waals surface area contributed by atoms with E-state index in [2.05, 4.69) is 62.6 Å². The van der Waals surface area contributed by atoms with E-state index in [4.69, 9.17) is 0 Å². The molecule has 1 aromatic heterocycles. The Labute approximate surface area is 124 Å². The van der Waals surface area contributed by atoms with Crippen LogP contribution >= 0.6 is 0 Å². The highest BCUT2D eigenvalue weighted by molar-refractivity contribution is 5.10. The van der Waals surface area contributed by atoms with Crippen molar-refractivity contribution in [1.29, 1.82) is 0 Å². The van der Waals surface area contributed by atoms with Crippen molar-refractivity contribution in [1.82, 2.24) is 14.9 Å². The SMILES string of the molecule is CC1CCCC(c2cncn2C(C)(C)CC(C)(C)C)N1. The molecule has 1 aliphatic heterocycles. The van der Waals surface area contributed by atoms with E-state index in [1.54, 1.807) is 0 Å². The number of piperidine rings is 1. The monoisotopic (exact) mass is 277 g/mol. The number of hydrogen-bond acceptors (Lipinski definition) is 2. The lowest BCUT2D eigenvalue weighted by Gasteiger charge is -2.37. The first-order chi connectivity index (χ1) is 9.19. The van der Waals surface area contributed by atoms with Crippen molar-refractivity contribution in [2.45, 2.75) is 84.8 Å². The lowest BCUT2D eigenvalue weighted by molar-refractivity contribution is 0.202. The lowest BCUT2D eigenvalue weighted by atomic mass is 9.81. The van der Waals surface area contributed by atoms with E-state index in [1.807, 2.05) is 6.33 Å². The first kappa shape index (κ1) is 15.6. The molecule has 1 fully saturated rings. The van der Waals surface area contributed by atoms with Gasteiger partial charge < -0.3 is 9.88 Å². The van der Waals surface area contributed by atoms with Crippen LogP contribution < -0.4 is 5.32 Å². The van der Waals surface area contributed by atoms with Crippen LogP contribution in [0.15, 0.2) is 12.5 Å². The quantitative estimate of drug-likeness (QED) is 0.894. The molecule has 0 aliphatic carbocycles. The van der Waals surface area contributed by atoms with Crippen molar-refractivity contribution in [3.8, 4) is 0 Å². The second kappa shape index (κ2) is 5.51. The molecule has 2 heterocycles. The number of nitrogens with zero attached hydrogens (tertiary/aromatic N) is 2. The van der Waals surface area contributed by atoms with Crippen LogP contribution in [0, 0.1) is 5.41 Å².